The fourth-order valence-electron chi connectivity index (χ4n) is 4.23. The summed E-state index contributed by atoms with van der Waals surface area (Å²) in [5.74, 6) is 0.475. The fourth-order valence-corrected chi connectivity index (χ4v) is 5.04. The number of nitrogens with zero attached hydrogens (tertiary/aromatic N) is 4. The molecule has 1 N–H and O–H groups in total. The normalized spacial score (nSPS) is 15.4. The molecule has 1 aliphatic rings. The predicted molar refractivity (Wildman–Crippen MR) is 148 cm³/mol. The van der Waals surface area contributed by atoms with E-state index >= 15 is 0 Å². The number of amides is 2. The van der Waals surface area contributed by atoms with Crippen molar-refractivity contribution < 1.29 is 9.59 Å². The van der Waals surface area contributed by atoms with Gasteiger partial charge in [-0.15, -0.1) is 11.3 Å². The zero-order valence-electron chi connectivity index (χ0n) is 22.7. The second-order valence-electron chi connectivity index (χ2n) is 9.17. The molecule has 8 heteroatoms. The fraction of sp³-hybridized carbons (Fsp3) is 0.500. The van der Waals surface area contributed by atoms with E-state index in [1.807, 2.05) is 67.3 Å². The summed E-state index contributed by atoms with van der Waals surface area (Å²) in [4.78, 5) is 30.3. The minimum Gasteiger partial charge on any atom is -0.355 e. The van der Waals surface area contributed by atoms with E-state index in [-0.39, 0.29) is 17.9 Å². The van der Waals surface area contributed by atoms with E-state index in [2.05, 4.69) is 48.3 Å². The second kappa shape index (κ2) is 14.5. The third-order valence-electron chi connectivity index (χ3n) is 6.09. The maximum absolute atomic E-state index is 12.7. The Morgan fingerprint density at radius 2 is 1.92 bits per heavy atom. The number of carbonyl (C=O) groups is 2. The van der Waals surface area contributed by atoms with Gasteiger partial charge in [0.2, 0.25) is 12.3 Å². The van der Waals surface area contributed by atoms with Gasteiger partial charge in [-0.1, -0.05) is 52.0 Å². The number of rotatable bonds is 7. The third kappa shape index (κ3) is 7.75. The largest absolute Gasteiger partial charge is 0.355 e. The molecule has 7 nitrogen and oxygen atoms in total. The van der Waals surface area contributed by atoms with Gasteiger partial charge in [0, 0.05) is 25.3 Å². The van der Waals surface area contributed by atoms with E-state index in [1.54, 1.807) is 11.3 Å². The molecule has 2 amide bonds. The van der Waals surface area contributed by atoms with Crippen molar-refractivity contribution >= 4 is 23.7 Å². The van der Waals surface area contributed by atoms with Gasteiger partial charge in [-0.25, -0.2) is 4.98 Å². The summed E-state index contributed by atoms with van der Waals surface area (Å²) in [6.45, 7) is 15.8. The van der Waals surface area contributed by atoms with Crippen molar-refractivity contribution in [1.82, 2.24) is 25.0 Å². The van der Waals surface area contributed by atoms with Gasteiger partial charge in [-0.05, 0) is 56.2 Å². The van der Waals surface area contributed by atoms with E-state index in [9.17, 15) is 9.59 Å². The summed E-state index contributed by atoms with van der Waals surface area (Å²) < 4.78 is 1.83. The van der Waals surface area contributed by atoms with Crippen LogP contribution in [0.25, 0.3) is 10.4 Å². The Morgan fingerprint density at radius 1 is 1.22 bits per heavy atom. The van der Waals surface area contributed by atoms with Gasteiger partial charge in [-0.3, -0.25) is 14.3 Å². The van der Waals surface area contributed by atoms with Gasteiger partial charge in [-0.2, -0.15) is 5.10 Å². The number of nitrogens with one attached hydrogen (secondary N) is 1. The number of aromatic nitrogens is 3. The van der Waals surface area contributed by atoms with Gasteiger partial charge in [0.25, 0.3) is 0 Å². The summed E-state index contributed by atoms with van der Waals surface area (Å²) in [7, 11) is 0. The molecule has 2 unspecified atom stereocenters. The molecule has 3 heterocycles. The number of likely N-dealkylation sites (tertiary alicyclic amines) is 1. The standard InChI is InChI=1S/C14H23N3O.C12H12N2OS.C2H6/c1-10(2)13(17-9-11(3)8-15-17)14(18)16-7-5-6-12(16)4;1-9-12(16-8-14-9)11-4-2-10(3-5-11)6-13-7-15;1-2/h8-10,12-13H,5-7H2,1-4H3;2-5,7-8H,6H2,1H3,(H,13,15);1-2H3. The number of thiazole rings is 1. The third-order valence-corrected chi connectivity index (χ3v) is 7.06. The van der Waals surface area contributed by atoms with Gasteiger partial charge in [0.05, 0.1) is 22.3 Å². The Kier molecular flexibility index (Phi) is 11.8. The maximum Gasteiger partial charge on any atom is 0.247 e. The van der Waals surface area contributed by atoms with Gasteiger partial charge < -0.3 is 10.2 Å². The first-order chi connectivity index (χ1) is 17.3. The lowest BCUT2D eigenvalue weighted by Crippen LogP contribution is -2.41. The molecule has 0 aliphatic carbocycles. The molecule has 1 aliphatic heterocycles. The van der Waals surface area contributed by atoms with Crippen LogP contribution in [0.15, 0.2) is 42.2 Å². The first kappa shape index (κ1) is 29.2. The molecule has 0 spiro atoms. The summed E-state index contributed by atoms with van der Waals surface area (Å²) in [6, 6.07) is 8.36. The molecule has 2 aromatic heterocycles. The Morgan fingerprint density at radius 3 is 2.39 bits per heavy atom. The monoisotopic (exact) mass is 511 g/mol. The van der Waals surface area contributed by atoms with Crippen molar-refractivity contribution in [2.75, 3.05) is 6.54 Å². The molecule has 1 fully saturated rings. The van der Waals surface area contributed by atoms with Crippen molar-refractivity contribution in [3.63, 3.8) is 0 Å². The highest BCUT2D eigenvalue weighted by Crippen LogP contribution is 2.27. The lowest BCUT2D eigenvalue weighted by Gasteiger charge is -2.29. The van der Waals surface area contributed by atoms with E-state index < -0.39 is 0 Å². The quantitative estimate of drug-likeness (QED) is 0.407. The molecule has 0 bridgehead atoms. The molecule has 4 rings (SSSR count). The topological polar surface area (TPSA) is 80.1 Å². The summed E-state index contributed by atoms with van der Waals surface area (Å²) in [5, 5.41) is 6.96. The van der Waals surface area contributed by atoms with E-state index in [4.69, 9.17) is 0 Å². The molecule has 1 saturated heterocycles. The first-order valence-electron chi connectivity index (χ1n) is 12.8. The summed E-state index contributed by atoms with van der Waals surface area (Å²) in [6.07, 6.45) is 6.73. The van der Waals surface area contributed by atoms with Gasteiger partial charge in [0.1, 0.15) is 6.04 Å². The molecule has 3 aromatic rings. The maximum atomic E-state index is 12.7. The Hall–Kier alpha value is -3.00. The van der Waals surface area contributed by atoms with Crippen molar-refractivity contribution in [2.45, 2.75) is 79.9 Å². The molecule has 1 aromatic carbocycles. The molecule has 0 saturated carbocycles. The average molecular weight is 512 g/mol. The predicted octanol–water partition coefficient (Wildman–Crippen LogP) is 5.79. The van der Waals surface area contributed by atoms with Crippen LogP contribution in [0.4, 0.5) is 0 Å². The Balaban J connectivity index is 0.000000239. The zero-order valence-corrected chi connectivity index (χ0v) is 23.5. The molecule has 196 valence electrons. The van der Waals surface area contributed by atoms with Gasteiger partial charge in [0.15, 0.2) is 0 Å². The van der Waals surface area contributed by atoms with Crippen molar-refractivity contribution in [3.8, 4) is 10.4 Å². The smallest absolute Gasteiger partial charge is 0.247 e. The zero-order chi connectivity index (χ0) is 26.7. The van der Waals surface area contributed by atoms with Crippen LogP contribution in [0.2, 0.25) is 0 Å². The van der Waals surface area contributed by atoms with Gasteiger partial charge >= 0.3 is 0 Å². The summed E-state index contributed by atoms with van der Waals surface area (Å²) in [5.41, 5.74) is 6.28. The molecule has 2 atom stereocenters. The number of benzene rings is 1. The number of aryl methyl sites for hydroxylation is 2. The first-order valence-corrected chi connectivity index (χ1v) is 13.7. The van der Waals surface area contributed by atoms with Crippen LogP contribution in [0.5, 0.6) is 0 Å². The van der Waals surface area contributed by atoms with Crippen LogP contribution in [-0.4, -0.2) is 44.6 Å². The average Bonchev–Trinajstić information content (AvgIpc) is 3.61. The highest BCUT2D eigenvalue weighted by molar-refractivity contribution is 7.13. The summed E-state index contributed by atoms with van der Waals surface area (Å²) >= 11 is 1.64. The number of carbonyl (C=O) groups excluding carboxylic acids is 2. The van der Waals surface area contributed by atoms with Crippen molar-refractivity contribution in [2.24, 2.45) is 5.92 Å². The van der Waals surface area contributed by atoms with Crippen LogP contribution in [-0.2, 0) is 16.1 Å². The molecule has 0 radical (unpaired) electrons. The lowest BCUT2D eigenvalue weighted by molar-refractivity contribution is -0.137. The molecular weight excluding hydrogens is 470 g/mol. The number of hydrogen-bond acceptors (Lipinski definition) is 5. The van der Waals surface area contributed by atoms with E-state index in [0.717, 1.165) is 36.2 Å². The van der Waals surface area contributed by atoms with Crippen LogP contribution in [0.3, 0.4) is 0 Å². The highest BCUT2D eigenvalue weighted by Gasteiger charge is 2.33. The molecule has 36 heavy (non-hydrogen) atoms. The highest BCUT2D eigenvalue weighted by atomic mass is 32.1. The Labute approximate surface area is 219 Å². The minimum atomic E-state index is -0.167. The SMILES string of the molecule is CC.Cc1cnn(C(C(=O)N2CCCC2C)C(C)C)c1.Cc1ncsc1-c1ccc(CNC=O)cc1. The second-order valence-corrected chi connectivity index (χ2v) is 10.0. The Bertz CT molecular complexity index is 1070. The van der Waals surface area contributed by atoms with Crippen LogP contribution in [0.1, 0.15) is 70.3 Å². The van der Waals surface area contributed by atoms with Crippen molar-refractivity contribution in [1.29, 1.82) is 0 Å². The molecular formula is C28H41N5O2S. The lowest BCUT2D eigenvalue weighted by atomic mass is 10.0. The van der Waals surface area contributed by atoms with E-state index in [1.165, 1.54) is 10.4 Å². The van der Waals surface area contributed by atoms with Crippen LogP contribution >= 0.6 is 11.3 Å². The number of hydrogen-bond donors (Lipinski definition) is 1. The minimum absolute atomic E-state index is 0.167. The van der Waals surface area contributed by atoms with Crippen LogP contribution < -0.4 is 5.32 Å². The van der Waals surface area contributed by atoms with E-state index in [0.29, 0.717) is 19.0 Å². The van der Waals surface area contributed by atoms with Crippen LogP contribution in [0, 0.1) is 19.8 Å². The van der Waals surface area contributed by atoms with Crippen molar-refractivity contribution in [3.05, 3.63) is 59.0 Å².